The van der Waals surface area contributed by atoms with Gasteiger partial charge in [0.15, 0.2) is 0 Å². The van der Waals surface area contributed by atoms with Gasteiger partial charge in [0.2, 0.25) is 0 Å². The minimum absolute atomic E-state index is 0. The molecular weight excluding hydrogens is 991 g/mol. The zero-order valence-electron chi connectivity index (χ0n) is 38.7. The van der Waals surface area contributed by atoms with E-state index in [9.17, 15) is 39.6 Å². The molecule has 0 bridgehead atoms. The molecule has 71 heavy (non-hydrogen) atoms. The van der Waals surface area contributed by atoms with Gasteiger partial charge >= 0.3 is 33.6 Å². The van der Waals surface area contributed by atoms with E-state index in [0.29, 0.717) is 0 Å². The van der Waals surface area contributed by atoms with Gasteiger partial charge in [0.25, 0.3) is 0 Å². The predicted octanol–water partition coefficient (Wildman–Crippen LogP) is 6.17. The molecule has 6 aromatic carbocycles. The van der Waals surface area contributed by atoms with Gasteiger partial charge in [-0.25, -0.2) is 0 Å². The summed E-state index contributed by atoms with van der Waals surface area (Å²) in [5.74, 6) is -4.50. The van der Waals surface area contributed by atoms with Crippen LogP contribution in [0, 0.1) is 27.7 Å². The molecule has 15 heteroatoms. The number of rotatable bonds is 4. The van der Waals surface area contributed by atoms with Crippen LogP contribution in [0.3, 0.4) is 0 Å². The molecule has 0 spiro atoms. The van der Waals surface area contributed by atoms with E-state index in [1.807, 2.05) is 52.0 Å². The van der Waals surface area contributed by atoms with Crippen molar-refractivity contribution in [2.24, 2.45) is 0 Å². The van der Waals surface area contributed by atoms with Crippen molar-refractivity contribution in [2.75, 3.05) is 0 Å². The van der Waals surface area contributed by atoms with Crippen LogP contribution in [0.2, 0.25) is 0 Å². The number of carboxylic acids is 4. The van der Waals surface area contributed by atoms with Crippen LogP contribution >= 0.6 is 0 Å². The third-order valence-electron chi connectivity index (χ3n) is 9.84. The Morgan fingerprint density at radius 3 is 0.620 bits per heavy atom. The summed E-state index contributed by atoms with van der Waals surface area (Å²) in [5, 5.41) is 45.4. The maximum atomic E-state index is 10.2. The average Bonchev–Trinajstić information content (AvgIpc) is 3.35. The molecule has 0 amide bonds. The average molecular weight is 1040 g/mol. The minimum Gasteiger partial charge on any atom is -0.545 e. The first kappa shape index (κ1) is 58.9. The molecule has 0 saturated carbocycles. The summed E-state index contributed by atoms with van der Waals surface area (Å²) in [6.07, 6.45) is 7.21. The van der Waals surface area contributed by atoms with Crippen molar-refractivity contribution in [3.63, 3.8) is 0 Å². The van der Waals surface area contributed by atoms with Gasteiger partial charge in [-0.15, -0.1) is 0 Å². The van der Waals surface area contributed by atoms with Gasteiger partial charge in [0, 0.05) is 46.3 Å². The molecule has 2 radical (unpaired) electrons. The predicted molar refractivity (Wildman–Crippen MR) is 260 cm³/mol. The second-order valence-electron chi connectivity index (χ2n) is 15.0. The Labute approximate surface area is 430 Å². The van der Waals surface area contributed by atoms with E-state index in [1.165, 1.54) is 48.5 Å². The number of carboxylic acid groups (broad SMARTS) is 4. The monoisotopic (exact) mass is 1040 g/mol. The Morgan fingerprint density at radius 1 is 0.296 bits per heavy atom. The van der Waals surface area contributed by atoms with Crippen molar-refractivity contribution >= 4 is 67.5 Å². The second-order valence-corrected chi connectivity index (χ2v) is 15.0. The maximum absolute atomic E-state index is 10.2. The Bertz CT molecular complexity index is 2840. The normalized spacial score (nSPS) is 9.52. The van der Waals surface area contributed by atoms with E-state index in [1.54, 1.807) is 73.3 Å². The van der Waals surface area contributed by atoms with Gasteiger partial charge in [-0.05, 0) is 74.2 Å². The van der Waals surface area contributed by atoms with Crippen LogP contribution in [-0.2, 0) is 33.6 Å². The topological polar surface area (TPSA) is 244 Å². The number of aromatic nitrogens is 4. The molecule has 362 valence electrons. The van der Waals surface area contributed by atoms with Gasteiger partial charge < -0.3 is 45.1 Å². The number of benzene rings is 6. The first-order chi connectivity index (χ1) is 32.7. The van der Waals surface area contributed by atoms with Gasteiger partial charge in [-0.3, -0.25) is 19.9 Å². The smallest absolute Gasteiger partial charge is 0.545 e. The van der Waals surface area contributed by atoms with Gasteiger partial charge in [-0.2, -0.15) is 0 Å². The van der Waals surface area contributed by atoms with Crippen LogP contribution in [-0.4, -0.2) is 49.3 Å². The van der Waals surface area contributed by atoms with E-state index in [2.05, 4.69) is 68.5 Å². The maximum Gasteiger partial charge on any atom is 2.00 e. The summed E-state index contributed by atoms with van der Waals surface area (Å²) >= 11 is 0. The van der Waals surface area contributed by atoms with Gasteiger partial charge in [0.1, 0.15) is 0 Å². The molecule has 2 N–H and O–H groups in total. The Balaban J connectivity index is 0.000000292. The number of pyridine rings is 4. The number of carbonyl (C=O) groups excluding carboxylic acids is 4. The Morgan fingerprint density at radius 2 is 0.465 bits per heavy atom. The fourth-order valence-electron chi connectivity index (χ4n) is 6.12. The van der Waals surface area contributed by atoms with Gasteiger partial charge in [-0.1, -0.05) is 168 Å². The fourth-order valence-corrected chi connectivity index (χ4v) is 6.12. The largest absolute Gasteiger partial charge is 2.00 e. The van der Waals surface area contributed by atoms with Crippen LogP contribution in [0.5, 0.6) is 0 Å². The molecule has 0 aliphatic carbocycles. The second kappa shape index (κ2) is 29.6. The van der Waals surface area contributed by atoms with Crippen LogP contribution in [0.4, 0.5) is 0 Å². The van der Waals surface area contributed by atoms with Crippen molar-refractivity contribution in [1.29, 1.82) is 0 Å². The van der Waals surface area contributed by atoms with Crippen LogP contribution in [0.1, 0.15) is 63.7 Å². The van der Waals surface area contributed by atoms with Crippen molar-refractivity contribution in [3.05, 3.63) is 239 Å². The first-order valence-electron chi connectivity index (χ1n) is 21.0. The summed E-state index contributed by atoms with van der Waals surface area (Å²) in [5.41, 5.74) is 9.00. The summed E-state index contributed by atoms with van der Waals surface area (Å²) in [6, 6.07) is 50.5. The van der Waals surface area contributed by atoms with E-state index in [0.717, 1.165) is 65.9 Å². The summed E-state index contributed by atoms with van der Waals surface area (Å²) in [4.78, 5) is 58.2. The standard InChI is InChI=1S/2C12H8N2.4C8H8O2.2Co.H2O/c2*1-3-9-5-6-10-4-2-8-14-12(10)11(9)13-7-1;4*1-6-2-4-7(5-3-6)8(9)10;;;/h2*1-8H;4*2-5H,1H3,(H,9,10);;;1H2/q;;;;;;2*+2;/p-4. The van der Waals surface area contributed by atoms with E-state index in [4.69, 9.17) is 0 Å². The summed E-state index contributed by atoms with van der Waals surface area (Å²) in [7, 11) is 0. The van der Waals surface area contributed by atoms with E-state index >= 15 is 0 Å². The first-order valence-corrected chi connectivity index (χ1v) is 21.0. The van der Waals surface area contributed by atoms with Gasteiger partial charge in [0.05, 0.1) is 45.9 Å². The Kier molecular flexibility index (Phi) is 24.6. The number of aromatic carboxylic acids is 4. The SMILES string of the molecule is Cc1ccc(C(=O)[O-])cc1.Cc1ccc(C(=O)[O-])cc1.Cc1ccc(C(=O)[O-])cc1.Cc1ccc(C(=O)[O-])cc1.O.[Co+2].[Co+2].c1cnc2c(c1)ccc1cccnc12.c1cnc2c(c1)ccc1cccnc12. The van der Waals surface area contributed by atoms with Crippen LogP contribution < -0.4 is 20.4 Å². The third kappa shape index (κ3) is 18.3. The molecular formula is C56H46Co2N4O9. The third-order valence-corrected chi connectivity index (χ3v) is 9.84. The van der Waals surface area contributed by atoms with Crippen LogP contribution in [0.25, 0.3) is 43.6 Å². The van der Waals surface area contributed by atoms with Crippen molar-refractivity contribution in [1.82, 2.24) is 19.9 Å². The number of aryl methyl sites for hydroxylation is 4. The number of hydrogen-bond donors (Lipinski definition) is 0. The molecule has 4 aromatic heterocycles. The van der Waals surface area contributed by atoms with Crippen molar-refractivity contribution in [3.8, 4) is 0 Å². The zero-order chi connectivity index (χ0) is 49.0. The molecule has 0 aliphatic heterocycles. The molecule has 4 heterocycles. The number of nitrogens with zero attached hydrogens (tertiary/aromatic N) is 4. The molecule has 0 saturated heterocycles. The number of carbonyl (C=O) groups is 4. The minimum atomic E-state index is -1.12. The summed E-state index contributed by atoms with van der Waals surface area (Å²) in [6.45, 7) is 7.61. The molecule has 10 rings (SSSR count). The number of hydrogen-bond acceptors (Lipinski definition) is 12. The fraction of sp³-hybridized carbons (Fsp3) is 0.0714. The molecule has 0 fully saturated rings. The molecule has 10 aromatic rings. The Hall–Kier alpha value is -8.19. The van der Waals surface area contributed by atoms with Crippen LogP contribution in [0.15, 0.2) is 195 Å². The molecule has 0 unspecified atom stereocenters. The number of fused-ring (bicyclic) bond motifs is 6. The molecule has 13 nitrogen and oxygen atoms in total. The summed E-state index contributed by atoms with van der Waals surface area (Å²) < 4.78 is 0. The van der Waals surface area contributed by atoms with Crippen molar-refractivity contribution in [2.45, 2.75) is 27.7 Å². The molecule has 0 atom stereocenters. The zero-order valence-corrected chi connectivity index (χ0v) is 40.8. The molecule has 0 aliphatic rings. The quantitative estimate of drug-likeness (QED) is 0.180. The van der Waals surface area contributed by atoms with Crippen molar-refractivity contribution < 1.29 is 78.6 Å². The van der Waals surface area contributed by atoms with E-state index < -0.39 is 23.9 Å². The van der Waals surface area contributed by atoms with E-state index in [-0.39, 0.29) is 61.3 Å².